The molecule has 0 spiro atoms. The van der Waals surface area contributed by atoms with E-state index in [9.17, 15) is 4.79 Å². The molecule has 1 fully saturated rings. The third-order valence-electron chi connectivity index (χ3n) is 4.54. The van der Waals surface area contributed by atoms with Gasteiger partial charge < -0.3 is 9.64 Å². The average Bonchev–Trinajstić information content (AvgIpc) is 3.23. The Kier molecular flexibility index (Phi) is 5.04. The number of amides is 1. The first-order chi connectivity index (χ1) is 13.3. The lowest BCUT2D eigenvalue weighted by Gasteiger charge is -2.34. The van der Waals surface area contributed by atoms with E-state index in [4.69, 9.17) is 4.74 Å². The van der Waals surface area contributed by atoms with Gasteiger partial charge in [-0.05, 0) is 31.4 Å². The van der Waals surface area contributed by atoms with Crippen molar-refractivity contribution in [2.75, 3.05) is 13.2 Å². The number of benzene rings is 1. The minimum absolute atomic E-state index is 0.00562. The molecule has 1 unspecified atom stereocenters. The van der Waals surface area contributed by atoms with E-state index in [0.717, 1.165) is 19.3 Å². The van der Waals surface area contributed by atoms with Crippen LogP contribution in [-0.4, -0.2) is 49.1 Å². The molecule has 0 bridgehead atoms. The molecule has 1 N–H and O–H groups in total. The topological polar surface area (TPSA) is 96.9 Å². The van der Waals surface area contributed by atoms with Crippen molar-refractivity contribution in [1.82, 2.24) is 30.0 Å². The van der Waals surface area contributed by atoms with Crippen molar-refractivity contribution < 1.29 is 9.53 Å². The lowest BCUT2D eigenvalue weighted by Crippen LogP contribution is -2.41. The molecule has 8 nitrogen and oxygen atoms in total. The van der Waals surface area contributed by atoms with E-state index in [1.54, 1.807) is 18.6 Å². The van der Waals surface area contributed by atoms with Crippen LogP contribution in [0.2, 0.25) is 0 Å². The molecule has 2 aromatic heterocycles. The highest BCUT2D eigenvalue weighted by Crippen LogP contribution is 2.29. The van der Waals surface area contributed by atoms with Gasteiger partial charge in [-0.3, -0.25) is 14.9 Å². The van der Waals surface area contributed by atoms with E-state index in [1.807, 2.05) is 35.2 Å². The Bertz CT molecular complexity index is 883. The fraction of sp³-hybridized carbons (Fsp3) is 0.316. The number of nitrogens with one attached hydrogen (secondary N) is 1. The number of ether oxygens (including phenoxy) is 1. The summed E-state index contributed by atoms with van der Waals surface area (Å²) < 4.78 is 5.62. The van der Waals surface area contributed by atoms with Crippen LogP contribution in [-0.2, 0) is 4.79 Å². The maximum absolute atomic E-state index is 12.7. The van der Waals surface area contributed by atoms with E-state index in [-0.39, 0.29) is 18.6 Å². The molecule has 1 saturated heterocycles. The van der Waals surface area contributed by atoms with E-state index in [0.29, 0.717) is 29.6 Å². The molecule has 1 aliphatic heterocycles. The summed E-state index contributed by atoms with van der Waals surface area (Å²) in [5.74, 6) is 1.78. The number of nitrogens with zero attached hydrogens (tertiary/aromatic N) is 5. The molecule has 138 valence electrons. The first kappa shape index (κ1) is 17.1. The number of H-pyrrole nitrogens is 1. The van der Waals surface area contributed by atoms with Crippen molar-refractivity contribution >= 4 is 5.91 Å². The normalized spacial score (nSPS) is 16.9. The predicted molar refractivity (Wildman–Crippen MR) is 97.7 cm³/mol. The van der Waals surface area contributed by atoms with Crippen LogP contribution in [0.25, 0.3) is 11.5 Å². The average molecular weight is 364 g/mol. The number of piperidine rings is 1. The molecule has 0 saturated carbocycles. The lowest BCUT2D eigenvalue weighted by molar-refractivity contribution is -0.137. The van der Waals surface area contributed by atoms with Crippen molar-refractivity contribution in [3.8, 4) is 17.3 Å². The highest BCUT2D eigenvalue weighted by molar-refractivity contribution is 5.78. The van der Waals surface area contributed by atoms with Gasteiger partial charge in [0.25, 0.3) is 5.91 Å². The van der Waals surface area contributed by atoms with Crippen LogP contribution >= 0.6 is 0 Å². The monoisotopic (exact) mass is 364 g/mol. The quantitative estimate of drug-likeness (QED) is 0.747. The molecular weight excluding hydrogens is 344 g/mol. The molecule has 3 aromatic rings. The number of rotatable bonds is 5. The Morgan fingerprint density at radius 2 is 2.11 bits per heavy atom. The van der Waals surface area contributed by atoms with Crippen molar-refractivity contribution in [3.05, 3.63) is 54.7 Å². The van der Waals surface area contributed by atoms with Gasteiger partial charge in [-0.15, -0.1) is 0 Å². The Labute approximate surface area is 156 Å². The van der Waals surface area contributed by atoms with Gasteiger partial charge in [0.2, 0.25) is 5.82 Å². The van der Waals surface area contributed by atoms with Crippen molar-refractivity contribution in [3.63, 3.8) is 0 Å². The largest absolute Gasteiger partial charge is 0.484 e. The zero-order valence-electron chi connectivity index (χ0n) is 14.8. The van der Waals surface area contributed by atoms with E-state index in [2.05, 4.69) is 25.1 Å². The summed E-state index contributed by atoms with van der Waals surface area (Å²) in [6, 6.07) is 9.21. The zero-order valence-corrected chi connectivity index (χ0v) is 14.8. The van der Waals surface area contributed by atoms with Crippen LogP contribution in [0.5, 0.6) is 5.75 Å². The lowest BCUT2D eigenvalue weighted by atomic mass is 10.0. The molecule has 3 heterocycles. The van der Waals surface area contributed by atoms with Gasteiger partial charge in [0.1, 0.15) is 17.3 Å². The van der Waals surface area contributed by atoms with Crippen LogP contribution in [0.15, 0.2) is 48.9 Å². The maximum Gasteiger partial charge on any atom is 0.261 e. The Morgan fingerprint density at radius 1 is 1.22 bits per heavy atom. The zero-order chi connectivity index (χ0) is 18.5. The first-order valence-corrected chi connectivity index (χ1v) is 8.97. The Morgan fingerprint density at radius 3 is 2.93 bits per heavy atom. The molecule has 1 atom stereocenters. The molecule has 1 aromatic carbocycles. The smallest absolute Gasteiger partial charge is 0.261 e. The first-order valence-electron chi connectivity index (χ1n) is 8.97. The standard InChI is InChI=1S/C19H20N6O2/c26-17(13-27-14-6-2-1-3-7-14)25-11-5-4-8-16(25)19-22-18(23-24-19)15-12-20-9-10-21-15/h1-3,6-7,9-10,12,16H,4-5,8,11,13H2,(H,22,23,24). The number of hydrogen-bond acceptors (Lipinski definition) is 6. The Balaban J connectivity index is 1.47. The van der Waals surface area contributed by atoms with Crippen LogP contribution < -0.4 is 4.74 Å². The van der Waals surface area contributed by atoms with E-state index >= 15 is 0 Å². The second-order valence-electron chi connectivity index (χ2n) is 6.34. The van der Waals surface area contributed by atoms with Gasteiger partial charge in [-0.25, -0.2) is 9.97 Å². The summed E-state index contributed by atoms with van der Waals surface area (Å²) >= 11 is 0. The summed E-state index contributed by atoms with van der Waals surface area (Å²) in [5.41, 5.74) is 0.598. The number of aromatic amines is 1. The minimum atomic E-state index is -0.136. The predicted octanol–water partition coefficient (Wildman–Crippen LogP) is 2.39. The number of likely N-dealkylation sites (tertiary alicyclic amines) is 1. The minimum Gasteiger partial charge on any atom is -0.484 e. The highest BCUT2D eigenvalue weighted by atomic mass is 16.5. The third kappa shape index (κ3) is 3.94. The van der Waals surface area contributed by atoms with Crippen molar-refractivity contribution in [2.24, 2.45) is 0 Å². The number of carbonyl (C=O) groups is 1. The molecule has 1 amide bonds. The van der Waals surface area contributed by atoms with Gasteiger partial charge in [-0.2, -0.15) is 5.10 Å². The summed E-state index contributed by atoms with van der Waals surface area (Å²) in [7, 11) is 0. The number of para-hydroxylation sites is 1. The number of hydrogen-bond donors (Lipinski definition) is 1. The molecule has 0 radical (unpaired) electrons. The Hall–Kier alpha value is -3.29. The van der Waals surface area contributed by atoms with E-state index in [1.165, 1.54) is 0 Å². The molecule has 27 heavy (non-hydrogen) atoms. The number of carbonyl (C=O) groups excluding carboxylic acids is 1. The summed E-state index contributed by atoms with van der Waals surface area (Å²) in [4.78, 5) is 27.4. The van der Waals surface area contributed by atoms with Gasteiger partial charge >= 0.3 is 0 Å². The van der Waals surface area contributed by atoms with Gasteiger partial charge in [0.05, 0.1) is 12.2 Å². The fourth-order valence-electron chi connectivity index (χ4n) is 3.21. The van der Waals surface area contributed by atoms with Crippen LogP contribution in [0, 0.1) is 0 Å². The molecule has 4 rings (SSSR count). The van der Waals surface area contributed by atoms with Gasteiger partial charge in [0.15, 0.2) is 6.61 Å². The summed E-state index contributed by atoms with van der Waals surface area (Å²) in [5, 5.41) is 7.21. The van der Waals surface area contributed by atoms with Crippen molar-refractivity contribution in [1.29, 1.82) is 0 Å². The third-order valence-corrected chi connectivity index (χ3v) is 4.54. The SMILES string of the molecule is O=C(COc1ccccc1)N1CCCCC1c1nc(-c2cnccn2)n[nH]1. The molecular formula is C19H20N6O2. The molecule has 0 aliphatic carbocycles. The maximum atomic E-state index is 12.7. The van der Waals surface area contributed by atoms with Crippen LogP contribution in [0.1, 0.15) is 31.1 Å². The number of aromatic nitrogens is 5. The molecule has 8 heteroatoms. The van der Waals surface area contributed by atoms with Gasteiger partial charge in [0, 0.05) is 18.9 Å². The summed E-state index contributed by atoms with van der Waals surface area (Å²) in [6.07, 6.45) is 7.67. The van der Waals surface area contributed by atoms with Crippen LogP contribution in [0.4, 0.5) is 0 Å². The van der Waals surface area contributed by atoms with Gasteiger partial charge in [-0.1, -0.05) is 18.2 Å². The highest BCUT2D eigenvalue weighted by Gasteiger charge is 2.30. The van der Waals surface area contributed by atoms with Crippen LogP contribution in [0.3, 0.4) is 0 Å². The molecule has 1 aliphatic rings. The fourth-order valence-corrected chi connectivity index (χ4v) is 3.21. The summed E-state index contributed by atoms with van der Waals surface area (Å²) in [6.45, 7) is 0.689. The second kappa shape index (κ2) is 7.94. The van der Waals surface area contributed by atoms with E-state index < -0.39 is 0 Å². The van der Waals surface area contributed by atoms with Crippen molar-refractivity contribution in [2.45, 2.75) is 25.3 Å². The second-order valence-corrected chi connectivity index (χ2v) is 6.34.